The van der Waals surface area contributed by atoms with E-state index in [1.54, 1.807) is 12.1 Å². The van der Waals surface area contributed by atoms with Crippen LogP contribution >= 0.6 is 0 Å². The van der Waals surface area contributed by atoms with Crippen LogP contribution < -0.4 is 4.74 Å². The van der Waals surface area contributed by atoms with Crippen molar-refractivity contribution in [1.29, 1.82) is 0 Å². The Labute approximate surface area is 226 Å². The van der Waals surface area contributed by atoms with E-state index in [2.05, 4.69) is 25.2 Å². The quantitative estimate of drug-likeness (QED) is 0.106. The Morgan fingerprint density at radius 2 is 1.25 bits per heavy atom. The molecule has 0 aromatic heterocycles. The number of nitrogens with zero attached hydrogens (tertiary/aromatic N) is 4. The summed E-state index contributed by atoms with van der Waals surface area (Å²) in [5, 5.41) is 44.2. The molecule has 13 nitrogen and oxygen atoms in total. The lowest BCUT2D eigenvalue weighted by atomic mass is 10.0. The average Bonchev–Trinajstić information content (AvgIpc) is 2.92. The highest BCUT2D eigenvalue weighted by molar-refractivity contribution is 7.86. The maximum atomic E-state index is 12.1. The summed E-state index contributed by atoms with van der Waals surface area (Å²) in [5.74, 6) is -2.16. The Balaban J connectivity index is 1.59. The van der Waals surface area contributed by atoms with Gasteiger partial charge in [0.25, 0.3) is 16.6 Å². The van der Waals surface area contributed by atoms with E-state index in [-0.39, 0.29) is 46.2 Å². The summed E-state index contributed by atoms with van der Waals surface area (Å²) in [6, 6.07) is 17.8. The van der Waals surface area contributed by atoms with Crippen molar-refractivity contribution in [1.82, 2.24) is 0 Å². The molecule has 0 radical (unpaired) electrons. The van der Waals surface area contributed by atoms with Gasteiger partial charge in [-0.05, 0) is 60.2 Å². The number of rotatable bonds is 9. The number of hydrogen-bond acceptors (Lipinski definition) is 11. The largest absolute Gasteiger partial charge is 0.507 e. The van der Waals surface area contributed by atoms with Gasteiger partial charge in [-0.15, -0.1) is 0 Å². The summed E-state index contributed by atoms with van der Waals surface area (Å²) in [6.45, 7) is 0.134. The van der Waals surface area contributed by atoms with E-state index in [9.17, 15) is 32.8 Å². The fourth-order valence-corrected chi connectivity index (χ4v) is 4.17. The van der Waals surface area contributed by atoms with Crippen LogP contribution in [0, 0.1) is 0 Å². The second-order valence-electron chi connectivity index (χ2n) is 7.98. The van der Waals surface area contributed by atoms with Gasteiger partial charge >= 0.3 is 5.97 Å². The van der Waals surface area contributed by atoms with Gasteiger partial charge in [-0.25, -0.2) is 4.79 Å². The van der Waals surface area contributed by atoms with E-state index in [4.69, 9.17) is 5.11 Å². The number of hydrogen-bond donors (Lipinski definition) is 4. The van der Waals surface area contributed by atoms with Crippen molar-refractivity contribution < 1.29 is 42.6 Å². The van der Waals surface area contributed by atoms with Gasteiger partial charge in [0.15, 0.2) is 11.5 Å². The molecule has 0 aliphatic carbocycles. The van der Waals surface area contributed by atoms with Crippen molar-refractivity contribution in [3.63, 3.8) is 0 Å². The Morgan fingerprint density at radius 1 is 0.725 bits per heavy atom. The summed E-state index contributed by atoms with van der Waals surface area (Å²) in [5.41, 5.74) is 1.10. The molecule has 40 heavy (non-hydrogen) atoms. The third kappa shape index (κ3) is 6.50. The molecule has 0 aliphatic rings. The van der Waals surface area contributed by atoms with Crippen LogP contribution in [0.15, 0.2) is 104 Å². The first kappa shape index (κ1) is 27.6. The molecule has 4 rings (SSSR count). The second kappa shape index (κ2) is 11.5. The molecule has 0 heterocycles. The van der Waals surface area contributed by atoms with Crippen molar-refractivity contribution in [3.8, 4) is 28.4 Å². The Morgan fingerprint density at radius 3 is 1.85 bits per heavy atom. The van der Waals surface area contributed by atoms with Gasteiger partial charge in [-0.3, -0.25) is 9.35 Å². The molecule has 0 atom stereocenters. The number of aromatic hydroxyl groups is 2. The zero-order chi connectivity index (χ0) is 28.9. The fourth-order valence-electron chi connectivity index (χ4n) is 3.43. The number of carboxylic acids is 1. The topological polar surface area (TPSA) is 208 Å². The van der Waals surface area contributed by atoms with Crippen LogP contribution in [-0.2, 0) is 14.9 Å². The van der Waals surface area contributed by atoms with E-state index in [0.29, 0.717) is 11.3 Å². The van der Waals surface area contributed by atoms with Crippen LogP contribution in [0.1, 0.15) is 10.4 Å². The Bertz CT molecular complexity index is 1770. The monoisotopic (exact) mass is 562 g/mol. The SMILES string of the molecule is O=COc1cc(N=Nc2ccc(-c3ccc(N=Nc4ccc(O)c(C(=O)O)c4)cc3)c(S(=O)(=O)O)c2)ccc1O. The lowest BCUT2D eigenvalue weighted by molar-refractivity contribution is -0.120. The number of carboxylic acid groups (broad SMARTS) is 1. The number of azo groups is 2. The number of carbonyl (C=O) groups excluding carboxylic acids is 1. The van der Waals surface area contributed by atoms with Crippen LogP contribution in [-0.4, -0.2) is 40.7 Å². The molecule has 0 unspecified atom stereocenters. The van der Waals surface area contributed by atoms with Gasteiger partial charge in [0, 0.05) is 11.6 Å². The molecule has 14 heteroatoms. The van der Waals surface area contributed by atoms with E-state index in [1.807, 2.05) is 0 Å². The zero-order valence-electron chi connectivity index (χ0n) is 20.1. The molecule has 0 saturated heterocycles. The lowest BCUT2D eigenvalue weighted by Crippen LogP contribution is -2.00. The Hall–Kier alpha value is -5.47. The third-order valence-electron chi connectivity index (χ3n) is 5.31. The predicted molar refractivity (Wildman–Crippen MR) is 140 cm³/mol. The van der Waals surface area contributed by atoms with Crippen LogP contribution in [0.4, 0.5) is 22.7 Å². The maximum absolute atomic E-state index is 12.1. The van der Waals surface area contributed by atoms with E-state index >= 15 is 0 Å². The number of phenolic OH excluding ortho intramolecular Hbond substituents is 1. The molecule has 202 valence electrons. The first-order valence-electron chi connectivity index (χ1n) is 11.1. The molecular formula is C26H18N4O9S. The van der Waals surface area contributed by atoms with Crippen molar-refractivity contribution >= 4 is 45.3 Å². The molecular weight excluding hydrogens is 544 g/mol. The normalized spacial score (nSPS) is 11.6. The van der Waals surface area contributed by atoms with Crippen molar-refractivity contribution in [2.24, 2.45) is 20.5 Å². The molecule has 0 aliphatic heterocycles. The maximum Gasteiger partial charge on any atom is 0.339 e. The predicted octanol–water partition coefficient (Wildman–Crippen LogP) is 6.08. The highest BCUT2D eigenvalue weighted by Gasteiger charge is 2.18. The number of ether oxygens (including phenoxy) is 1. The minimum atomic E-state index is -4.68. The molecule has 0 bridgehead atoms. The van der Waals surface area contributed by atoms with Gasteiger partial charge in [0.05, 0.1) is 22.7 Å². The summed E-state index contributed by atoms with van der Waals surface area (Å²) in [4.78, 5) is 21.3. The van der Waals surface area contributed by atoms with E-state index < -0.39 is 26.7 Å². The van der Waals surface area contributed by atoms with Crippen LogP contribution in [0.5, 0.6) is 17.2 Å². The first-order chi connectivity index (χ1) is 19.0. The molecule has 4 aromatic rings. The van der Waals surface area contributed by atoms with Crippen LogP contribution in [0.25, 0.3) is 11.1 Å². The van der Waals surface area contributed by atoms with Gasteiger partial charge < -0.3 is 20.1 Å². The second-order valence-corrected chi connectivity index (χ2v) is 9.37. The van der Waals surface area contributed by atoms with Gasteiger partial charge in [-0.2, -0.15) is 28.9 Å². The summed E-state index contributed by atoms with van der Waals surface area (Å²) >= 11 is 0. The minimum Gasteiger partial charge on any atom is -0.507 e. The fraction of sp³-hybridized carbons (Fsp3) is 0. The number of benzene rings is 4. The lowest BCUT2D eigenvalue weighted by Gasteiger charge is -2.08. The summed E-state index contributed by atoms with van der Waals surface area (Å²) < 4.78 is 38.8. The minimum absolute atomic E-state index is 0.0855. The summed E-state index contributed by atoms with van der Waals surface area (Å²) in [6.07, 6.45) is 0. The molecule has 0 fully saturated rings. The Kier molecular flexibility index (Phi) is 7.93. The van der Waals surface area contributed by atoms with E-state index in [0.717, 1.165) is 12.1 Å². The van der Waals surface area contributed by atoms with Crippen molar-refractivity contribution in [3.05, 3.63) is 84.4 Å². The van der Waals surface area contributed by atoms with E-state index in [1.165, 1.54) is 54.6 Å². The molecule has 0 saturated carbocycles. The van der Waals surface area contributed by atoms with Crippen LogP contribution in [0.2, 0.25) is 0 Å². The third-order valence-corrected chi connectivity index (χ3v) is 6.21. The van der Waals surface area contributed by atoms with Crippen LogP contribution in [0.3, 0.4) is 0 Å². The standard InChI is InChI=1S/C26H18N4O9S/c31-14-39-24-12-18(7-10-23(24)33)29-30-19-5-8-20(25(13-19)40(36,37)38)15-1-3-16(4-2-15)27-28-17-6-9-22(32)21(11-17)26(34)35/h1-14,32-33H,(H,34,35)(H,36,37,38). The van der Waals surface area contributed by atoms with Crippen molar-refractivity contribution in [2.75, 3.05) is 0 Å². The van der Waals surface area contributed by atoms with Gasteiger partial charge in [0.1, 0.15) is 16.2 Å². The average molecular weight is 563 g/mol. The highest BCUT2D eigenvalue weighted by atomic mass is 32.2. The van der Waals surface area contributed by atoms with Gasteiger partial charge in [-0.1, -0.05) is 18.2 Å². The molecule has 0 amide bonds. The first-order valence-corrected chi connectivity index (χ1v) is 12.5. The molecule has 4 aromatic carbocycles. The smallest absolute Gasteiger partial charge is 0.339 e. The van der Waals surface area contributed by atoms with Gasteiger partial charge in [0.2, 0.25) is 0 Å². The number of aromatic carboxylic acids is 1. The number of phenols is 2. The zero-order valence-corrected chi connectivity index (χ0v) is 20.9. The summed E-state index contributed by atoms with van der Waals surface area (Å²) in [7, 11) is -4.68. The van der Waals surface area contributed by atoms with Crippen molar-refractivity contribution in [2.45, 2.75) is 4.90 Å². The molecule has 4 N–H and O–H groups in total. The molecule has 0 spiro atoms. The highest BCUT2D eigenvalue weighted by Crippen LogP contribution is 2.34. The number of carbonyl (C=O) groups is 2.